The van der Waals surface area contributed by atoms with E-state index in [4.69, 9.17) is 5.11 Å². The van der Waals surface area contributed by atoms with Crippen molar-refractivity contribution in [3.63, 3.8) is 0 Å². The lowest BCUT2D eigenvalue weighted by Gasteiger charge is -2.32. The summed E-state index contributed by atoms with van der Waals surface area (Å²) < 4.78 is 32.1. The number of ether oxygens (including phenoxy) is 1. The van der Waals surface area contributed by atoms with Crippen LogP contribution in [-0.4, -0.2) is 67.4 Å². The summed E-state index contributed by atoms with van der Waals surface area (Å²) in [5.41, 5.74) is 0. The van der Waals surface area contributed by atoms with E-state index in [0.29, 0.717) is 25.8 Å². The summed E-state index contributed by atoms with van der Waals surface area (Å²) in [7, 11) is -2.43. The summed E-state index contributed by atoms with van der Waals surface area (Å²) in [4.78, 5) is 22.5. The molecule has 9 heteroatoms. The van der Waals surface area contributed by atoms with Crippen molar-refractivity contribution in [1.29, 1.82) is 0 Å². The summed E-state index contributed by atoms with van der Waals surface area (Å²) in [6, 6.07) is 0. The number of rotatable bonds is 4. The molecule has 0 radical (unpaired) electrons. The molecule has 0 aromatic heterocycles. The van der Waals surface area contributed by atoms with Crippen LogP contribution in [0.25, 0.3) is 0 Å². The van der Waals surface area contributed by atoms with Gasteiger partial charge in [0.25, 0.3) is 10.2 Å². The lowest BCUT2D eigenvalue weighted by Crippen LogP contribution is -2.48. The first-order valence-corrected chi connectivity index (χ1v) is 8.31. The van der Waals surface area contributed by atoms with E-state index >= 15 is 0 Å². The van der Waals surface area contributed by atoms with Crippen molar-refractivity contribution in [1.82, 2.24) is 8.61 Å². The highest BCUT2D eigenvalue weighted by molar-refractivity contribution is 7.86. The SMILES string of the molecule is COC(=O)C1CCN(S(=O)(=O)N2CCCC(C(=O)O)C2)C1. The topological polar surface area (TPSA) is 104 Å². The minimum atomic E-state index is -3.71. The Kier molecular flexibility index (Phi) is 4.84. The standard InChI is InChI=1S/C12H20N2O6S/c1-20-12(17)10-4-6-14(8-10)21(18,19)13-5-2-3-9(7-13)11(15)16/h9-10H,2-8H2,1H3,(H,15,16). The summed E-state index contributed by atoms with van der Waals surface area (Å²) in [6.07, 6.45) is 1.46. The molecule has 2 aliphatic heterocycles. The predicted molar refractivity (Wildman–Crippen MR) is 72.5 cm³/mol. The van der Waals surface area contributed by atoms with Crippen molar-refractivity contribution in [2.75, 3.05) is 33.3 Å². The van der Waals surface area contributed by atoms with Crippen molar-refractivity contribution >= 4 is 22.1 Å². The third-order valence-corrected chi connectivity index (χ3v) is 6.04. The van der Waals surface area contributed by atoms with Gasteiger partial charge in [-0.15, -0.1) is 0 Å². The lowest BCUT2D eigenvalue weighted by molar-refractivity contribution is -0.145. The third-order valence-electron chi connectivity index (χ3n) is 4.07. The Morgan fingerprint density at radius 2 is 1.71 bits per heavy atom. The zero-order valence-corrected chi connectivity index (χ0v) is 12.7. The summed E-state index contributed by atoms with van der Waals surface area (Å²) in [5.74, 6) is -2.48. The molecular formula is C12H20N2O6S. The van der Waals surface area contributed by atoms with Crippen LogP contribution in [0.1, 0.15) is 19.3 Å². The zero-order valence-electron chi connectivity index (χ0n) is 11.9. The van der Waals surface area contributed by atoms with E-state index in [-0.39, 0.29) is 19.6 Å². The van der Waals surface area contributed by atoms with Gasteiger partial charge in [0, 0.05) is 26.2 Å². The molecule has 0 bridgehead atoms. The molecule has 2 unspecified atom stereocenters. The van der Waals surface area contributed by atoms with Crippen LogP contribution in [-0.2, 0) is 24.5 Å². The van der Waals surface area contributed by atoms with E-state index in [2.05, 4.69) is 4.74 Å². The fourth-order valence-electron chi connectivity index (χ4n) is 2.81. The number of carbonyl (C=O) groups is 2. The number of hydrogen-bond donors (Lipinski definition) is 1. The molecule has 0 aromatic rings. The highest BCUT2D eigenvalue weighted by atomic mass is 32.2. The predicted octanol–water partition coefficient (Wildman–Crippen LogP) is -0.477. The Morgan fingerprint density at radius 1 is 1.10 bits per heavy atom. The second-order valence-electron chi connectivity index (χ2n) is 5.41. The number of esters is 1. The average Bonchev–Trinajstić information content (AvgIpc) is 2.97. The van der Waals surface area contributed by atoms with Gasteiger partial charge in [-0.2, -0.15) is 17.0 Å². The largest absolute Gasteiger partial charge is 0.481 e. The molecule has 0 spiro atoms. The summed E-state index contributed by atoms with van der Waals surface area (Å²) in [6.45, 7) is 0.683. The van der Waals surface area contributed by atoms with E-state index in [1.807, 2.05) is 0 Å². The molecule has 120 valence electrons. The van der Waals surface area contributed by atoms with E-state index < -0.39 is 34.0 Å². The van der Waals surface area contributed by atoms with Crippen molar-refractivity contribution < 1.29 is 27.9 Å². The number of hydrogen-bond acceptors (Lipinski definition) is 5. The van der Waals surface area contributed by atoms with E-state index in [1.54, 1.807) is 0 Å². The van der Waals surface area contributed by atoms with E-state index in [0.717, 1.165) is 0 Å². The van der Waals surface area contributed by atoms with Crippen LogP contribution in [0.4, 0.5) is 0 Å². The molecule has 0 amide bonds. The normalized spacial score (nSPS) is 28.4. The van der Waals surface area contributed by atoms with Gasteiger partial charge in [-0.25, -0.2) is 0 Å². The van der Waals surface area contributed by atoms with Gasteiger partial charge >= 0.3 is 11.9 Å². The number of nitrogens with zero attached hydrogens (tertiary/aromatic N) is 2. The number of carbonyl (C=O) groups excluding carboxylic acids is 1. The summed E-state index contributed by atoms with van der Waals surface area (Å²) in [5, 5.41) is 9.04. The highest BCUT2D eigenvalue weighted by Gasteiger charge is 2.40. The molecule has 0 aromatic carbocycles. The molecule has 2 heterocycles. The monoisotopic (exact) mass is 320 g/mol. The van der Waals surface area contributed by atoms with Crippen LogP contribution in [0.3, 0.4) is 0 Å². The van der Waals surface area contributed by atoms with E-state index in [9.17, 15) is 18.0 Å². The zero-order chi connectivity index (χ0) is 15.6. The lowest BCUT2D eigenvalue weighted by atomic mass is 10.0. The second-order valence-corrected chi connectivity index (χ2v) is 7.34. The molecule has 2 rings (SSSR count). The van der Waals surface area contributed by atoms with Crippen LogP contribution >= 0.6 is 0 Å². The second kappa shape index (κ2) is 6.29. The Hall–Kier alpha value is -1.19. The van der Waals surface area contributed by atoms with Crippen molar-refractivity contribution in [2.24, 2.45) is 11.8 Å². The molecule has 1 N–H and O–H groups in total. The average molecular weight is 320 g/mol. The Bertz CT molecular complexity index is 520. The van der Waals surface area contributed by atoms with Crippen molar-refractivity contribution in [2.45, 2.75) is 19.3 Å². The van der Waals surface area contributed by atoms with Crippen LogP contribution < -0.4 is 0 Å². The third kappa shape index (κ3) is 3.35. The maximum atomic E-state index is 12.5. The van der Waals surface area contributed by atoms with Crippen LogP contribution in [0.15, 0.2) is 0 Å². The van der Waals surface area contributed by atoms with Gasteiger partial charge in [-0.1, -0.05) is 0 Å². The van der Waals surface area contributed by atoms with Gasteiger partial charge in [0.2, 0.25) is 0 Å². The maximum absolute atomic E-state index is 12.5. The fraction of sp³-hybridized carbons (Fsp3) is 0.833. The fourth-order valence-corrected chi connectivity index (χ4v) is 4.57. The molecule has 2 saturated heterocycles. The number of carboxylic acids is 1. The minimum absolute atomic E-state index is 0.00292. The van der Waals surface area contributed by atoms with Gasteiger partial charge in [-0.05, 0) is 19.3 Å². The smallest absolute Gasteiger partial charge is 0.310 e. The van der Waals surface area contributed by atoms with E-state index in [1.165, 1.54) is 15.7 Å². The van der Waals surface area contributed by atoms with Crippen LogP contribution in [0, 0.1) is 11.8 Å². The van der Waals surface area contributed by atoms with Crippen molar-refractivity contribution in [3.05, 3.63) is 0 Å². The van der Waals surface area contributed by atoms with Gasteiger partial charge in [0.15, 0.2) is 0 Å². The minimum Gasteiger partial charge on any atom is -0.481 e. The molecule has 0 aliphatic carbocycles. The van der Waals surface area contributed by atoms with Gasteiger partial charge in [0.05, 0.1) is 18.9 Å². The number of methoxy groups -OCH3 is 1. The Balaban J connectivity index is 2.05. The molecule has 8 nitrogen and oxygen atoms in total. The first-order chi connectivity index (χ1) is 9.86. The molecule has 2 fully saturated rings. The quantitative estimate of drug-likeness (QED) is 0.702. The molecule has 2 atom stereocenters. The summed E-state index contributed by atoms with van der Waals surface area (Å²) >= 11 is 0. The van der Waals surface area contributed by atoms with Gasteiger partial charge in [0.1, 0.15) is 0 Å². The molecule has 21 heavy (non-hydrogen) atoms. The van der Waals surface area contributed by atoms with Crippen molar-refractivity contribution in [3.8, 4) is 0 Å². The van der Waals surface area contributed by atoms with Crippen LogP contribution in [0.5, 0.6) is 0 Å². The first kappa shape index (κ1) is 16.2. The highest BCUT2D eigenvalue weighted by Crippen LogP contribution is 2.26. The number of piperidine rings is 1. The van der Waals surface area contributed by atoms with Crippen LogP contribution in [0.2, 0.25) is 0 Å². The first-order valence-electron chi connectivity index (χ1n) is 6.92. The van der Waals surface area contributed by atoms with Gasteiger partial charge in [-0.3, -0.25) is 9.59 Å². The molecule has 0 saturated carbocycles. The number of carboxylic acid groups (broad SMARTS) is 1. The van der Waals surface area contributed by atoms with Gasteiger partial charge < -0.3 is 9.84 Å². The Labute approximate surface area is 123 Å². The molecule has 2 aliphatic rings. The number of aliphatic carboxylic acids is 1. The Morgan fingerprint density at radius 3 is 2.33 bits per heavy atom. The molecular weight excluding hydrogens is 300 g/mol. The maximum Gasteiger partial charge on any atom is 0.310 e.